The summed E-state index contributed by atoms with van der Waals surface area (Å²) in [5.74, 6) is -0.973. The van der Waals surface area contributed by atoms with Gasteiger partial charge in [-0.15, -0.1) is 0 Å². The number of carbonyl (C=O) groups excluding carboxylic acids is 1. The fourth-order valence-electron chi connectivity index (χ4n) is 4.85. The molecular weight excluding hydrogens is 404 g/mol. The molecule has 3 aromatic rings. The van der Waals surface area contributed by atoms with Gasteiger partial charge in [0.05, 0.1) is 5.56 Å². The quantitative estimate of drug-likeness (QED) is 0.592. The number of carboxylic acid groups (broad SMARTS) is 1. The average molecular weight is 428 g/mol. The summed E-state index contributed by atoms with van der Waals surface area (Å²) in [5, 5.41) is 12.0. The summed E-state index contributed by atoms with van der Waals surface area (Å²) < 4.78 is 5.64. The van der Waals surface area contributed by atoms with Crippen LogP contribution in [0.15, 0.2) is 66.9 Å². The molecule has 2 aliphatic carbocycles. The number of fused-ring (bicyclic) bond motifs is 3. The van der Waals surface area contributed by atoms with E-state index in [1.54, 1.807) is 12.1 Å². The summed E-state index contributed by atoms with van der Waals surface area (Å²) in [7, 11) is 0. The third-order valence-electron chi connectivity index (χ3n) is 6.78. The number of carbonyl (C=O) groups is 2. The molecular formula is C26H24N2O4. The van der Waals surface area contributed by atoms with Crippen LogP contribution in [-0.2, 0) is 10.2 Å². The molecule has 5 rings (SSSR count). The minimum atomic E-state index is -0.997. The van der Waals surface area contributed by atoms with Gasteiger partial charge < -0.3 is 15.2 Å². The molecule has 1 aromatic heterocycles. The first-order valence-electron chi connectivity index (χ1n) is 10.9. The molecule has 0 spiro atoms. The molecule has 0 atom stereocenters. The Morgan fingerprint density at radius 1 is 1.00 bits per heavy atom. The van der Waals surface area contributed by atoms with Gasteiger partial charge in [0.25, 0.3) is 0 Å². The third-order valence-corrected chi connectivity index (χ3v) is 6.78. The molecule has 32 heavy (non-hydrogen) atoms. The van der Waals surface area contributed by atoms with Gasteiger partial charge in [-0.05, 0) is 47.2 Å². The van der Waals surface area contributed by atoms with Gasteiger partial charge in [-0.3, -0.25) is 4.98 Å². The highest BCUT2D eigenvalue weighted by Gasteiger charge is 2.40. The maximum atomic E-state index is 12.6. The standard InChI is InChI=1S/C26H24N2O4/c29-24(30)17-10-11-23(27-14-17)26(12-5-13-26)16-28-25(31)32-15-22-20-8-3-1-6-18(20)19-7-2-4-9-21(19)22/h1-4,6-11,14,22H,5,12-13,15-16H2,(H,28,31)(H,29,30). The Kier molecular flexibility index (Phi) is 5.13. The van der Waals surface area contributed by atoms with Crippen molar-refractivity contribution < 1.29 is 19.4 Å². The smallest absolute Gasteiger partial charge is 0.407 e. The van der Waals surface area contributed by atoms with E-state index >= 15 is 0 Å². The zero-order valence-electron chi connectivity index (χ0n) is 17.6. The SMILES string of the molecule is O=C(NCC1(c2ccc(C(=O)O)cn2)CCC1)OCC1c2ccccc2-c2ccccc21. The predicted molar refractivity (Wildman–Crippen MR) is 120 cm³/mol. The van der Waals surface area contributed by atoms with E-state index in [1.165, 1.54) is 28.5 Å². The van der Waals surface area contributed by atoms with E-state index in [0.29, 0.717) is 6.54 Å². The number of carboxylic acids is 1. The Hall–Kier alpha value is -3.67. The molecule has 6 heteroatoms. The Labute approximate surface area is 186 Å². The van der Waals surface area contributed by atoms with E-state index in [0.717, 1.165) is 25.0 Å². The van der Waals surface area contributed by atoms with Gasteiger partial charge in [-0.1, -0.05) is 55.0 Å². The van der Waals surface area contributed by atoms with Crippen LogP contribution in [-0.4, -0.2) is 35.3 Å². The molecule has 0 bridgehead atoms. The second-order valence-electron chi connectivity index (χ2n) is 8.55. The van der Waals surface area contributed by atoms with Crippen LogP contribution in [0.5, 0.6) is 0 Å². The number of hydrogen-bond acceptors (Lipinski definition) is 4. The van der Waals surface area contributed by atoms with Gasteiger partial charge in [-0.25, -0.2) is 9.59 Å². The maximum Gasteiger partial charge on any atom is 0.407 e. The van der Waals surface area contributed by atoms with E-state index in [4.69, 9.17) is 9.84 Å². The van der Waals surface area contributed by atoms with Crippen LogP contribution in [0.25, 0.3) is 11.1 Å². The summed E-state index contributed by atoms with van der Waals surface area (Å²) in [6.45, 7) is 0.696. The fraction of sp³-hybridized carbons (Fsp3) is 0.269. The molecule has 0 unspecified atom stereocenters. The average Bonchev–Trinajstić information content (AvgIpc) is 3.11. The number of hydrogen-bond donors (Lipinski definition) is 2. The van der Waals surface area contributed by atoms with Crippen molar-refractivity contribution in [1.82, 2.24) is 10.3 Å². The molecule has 1 saturated carbocycles. The van der Waals surface area contributed by atoms with Gasteiger partial charge in [0.15, 0.2) is 0 Å². The number of amides is 1. The number of ether oxygens (including phenoxy) is 1. The van der Waals surface area contributed by atoms with Crippen LogP contribution in [0.2, 0.25) is 0 Å². The summed E-state index contributed by atoms with van der Waals surface area (Å²) in [6.07, 6.45) is 3.78. The highest BCUT2D eigenvalue weighted by Crippen LogP contribution is 2.45. The van der Waals surface area contributed by atoms with Gasteiger partial charge in [0.2, 0.25) is 0 Å². The number of nitrogens with zero attached hydrogens (tertiary/aromatic N) is 1. The van der Waals surface area contributed by atoms with Crippen molar-refractivity contribution in [2.24, 2.45) is 0 Å². The van der Waals surface area contributed by atoms with E-state index in [-0.39, 0.29) is 23.5 Å². The zero-order valence-corrected chi connectivity index (χ0v) is 17.6. The molecule has 0 radical (unpaired) electrons. The molecule has 6 nitrogen and oxygen atoms in total. The molecule has 0 aliphatic heterocycles. The predicted octanol–water partition coefficient (Wildman–Crippen LogP) is 4.74. The van der Waals surface area contributed by atoms with Crippen LogP contribution in [0.3, 0.4) is 0 Å². The fourth-order valence-corrected chi connectivity index (χ4v) is 4.85. The van der Waals surface area contributed by atoms with Crippen LogP contribution in [0.4, 0.5) is 4.79 Å². The molecule has 2 N–H and O–H groups in total. The van der Waals surface area contributed by atoms with Gasteiger partial charge in [0, 0.05) is 29.8 Å². The zero-order chi connectivity index (χ0) is 22.1. The molecule has 162 valence electrons. The van der Waals surface area contributed by atoms with Crippen LogP contribution < -0.4 is 5.32 Å². The molecule has 2 aromatic carbocycles. The van der Waals surface area contributed by atoms with Crippen molar-refractivity contribution in [3.8, 4) is 11.1 Å². The van der Waals surface area contributed by atoms with Crippen LogP contribution in [0.1, 0.15) is 52.4 Å². The lowest BCUT2D eigenvalue weighted by Gasteiger charge is -2.41. The first-order valence-corrected chi connectivity index (χ1v) is 10.9. The van der Waals surface area contributed by atoms with E-state index in [2.05, 4.69) is 34.6 Å². The number of rotatable bonds is 6. The highest BCUT2D eigenvalue weighted by atomic mass is 16.5. The second-order valence-corrected chi connectivity index (χ2v) is 8.55. The van der Waals surface area contributed by atoms with Crippen molar-refractivity contribution in [3.63, 3.8) is 0 Å². The number of aromatic nitrogens is 1. The minimum Gasteiger partial charge on any atom is -0.478 e. The van der Waals surface area contributed by atoms with Crippen LogP contribution in [0, 0.1) is 0 Å². The summed E-state index contributed by atoms with van der Waals surface area (Å²) in [5.41, 5.74) is 5.46. The van der Waals surface area contributed by atoms with E-state index < -0.39 is 12.1 Å². The Morgan fingerprint density at radius 3 is 2.19 bits per heavy atom. The number of benzene rings is 2. The van der Waals surface area contributed by atoms with Crippen molar-refractivity contribution >= 4 is 12.1 Å². The number of alkyl carbamates (subject to hydrolysis) is 1. The summed E-state index contributed by atoms with van der Waals surface area (Å²) in [4.78, 5) is 28.0. The Balaban J connectivity index is 1.23. The van der Waals surface area contributed by atoms with E-state index in [9.17, 15) is 9.59 Å². The monoisotopic (exact) mass is 428 g/mol. The van der Waals surface area contributed by atoms with Crippen molar-refractivity contribution in [2.75, 3.05) is 13.2 Å². The molecule has 1 fully saturated rings. The Bertz CT molecular complexity index is 1120. The third kappa shape index (κ3) is 3.51. The lowest BCUT2D eigenvalue weighted by atomic mass is 9.66. The maximum absolute atomic E-state index is 12.6. The summed E-state index contributed by atoms with van der Waals surface area (Å²) >= 11 is 0. The summed E-state index contributed by atoms with van der Waals surface area (Å²) in [6, 6.07) is 19.8. The molecule has 0 saturated heterocycles. The largest absolute Gasteiger partial charge is 0.478 e. The lowest BCUT2D eigenvalue weighted by Crippen LogP contribution is -2.46. The van der Waals surface area contributed by atoms with Crippen molar-refractivity contribution in [3.05, 3.63) is 89.2 Å². The van der Waals surface area contributed by atoms with Crippen molar-refractivity contribution in [2.45, 2.75) is 30.6 Å². The number of nitrogens with one attached hydrogen (secondary N) is 1. The molecule has 1 heterocycles. The topological polar surface area (TPSA) is 88.5 Å². The molecule has 2 aliphatic rings. The number of pyridine rings is 1. The first-order chi connectivity index (χ1) is 15.6. The number of aromatic carboxylic acids is 1. The van der Waals surface area contributed by atoms with Gasteiger partial charge in [0.1, 0.15) is 6.61 Å². The minimum absolute atomic E-state index is 0.0241. The van der Waals surface area contributed by atoms with E-state index in [1.807, 2.05) is 24.3 Å². The van der Waals surface area contributed by atoms with Gasteiger partial charge >= 0.3 is 12.1 Å². The normalized spacial score (nSPS) is 15.9. The van der Waals surface area contributed by atoms with Crippen LogP contribution >= 0.6 is 0 Å². The lowest BCUT2D eigenvalue weighted by molar-refractivity contribution is 0.0696. The van der Waals surface area contributed by atoms with Crippen molar-refractivity contribution in [1.29, 1.82) is 0 Å². The highest BCUT2D eigenvalue weighted by molar-refractivity contribution is 5.87. The second kappa shape index (κ2) is 8.11. The molecule has 1 amide bonds. The van der Waals surface area contributed by atoms with Gasteiger partial charge in [-0.2, -0.15) is 0 Å². The Morgan fingerprint density at radius 2 is 1.66 bits per heavy atom. The first kappa shape index (κ1) is 20.2.